The zero-order valence-corrected chi connectivity index (χ0v) is 12.4. The molecule has 5 heteroatoms. The molecule has 1 aromatic heterocycles. The summed E-state index contributed by atoms with van der Waals surface area (Å²) in [7, 11) is 0. The normalized spacial score (nSPS) is 18.9. The fourth-order valence-electron chi connectivity index (χ4n) is 2.18. The van der Waals surface area contributed by atoms with Gasteiger partial charge in [-0.05, 0) is 39.7 Å². The third-order valence-corrected chi connectivity index (χ3v) is 3.03. The Kier molecular flexibility index (Phi) is 4.60. The summed E-state index contributed by atoms with van der Waals surface area (Å²) < 4.78 is 5.49. The number of amides is 1. The van der Waals surface area contributed by atoms with Crippen LogP contribution >= 0.6 is 0 Å². The van der Waals surface area contributed by atoms with E-state index in [0.717, 1.165) is 25.1 Å². The molecule has 0 spiro atoms. The van der Waals surface area contributed by atoms with Crippen molar-refractivity contribution in [3.63, 3.8) is 0 Å². The van der Waals surface area contributed by atoms with E-state index in [1.165, 1.54) is 0 Å². The largest absolute Gasteiger partial charge is 0.379 e. The van der Waals surface area contributed by atoms with Crippen LogP contribution in [0.25, 0.3) is 0 Å². The molecule has 0 aliphatic carbocycles. The molecule has 1 unspecified atom stereocenters. The molecule has 1 amide bonds. The van der Waals surface area contributed by atoms with Gasteiger partial charge in [0.2, 0.25) is 0 Å². The van der Waals surface area contributed by atoms with Crippen molar-refractivity contribution in [3.8, 4) is 0 Å². The van der Waals surface area contributed by atoms with Gasteiger partial charge in [-0.2, -0.15) is 0 Å². The summed E-state index contributed by atoms with van der Waals surface area (Å²) in [6.07, 6.45) is 5.56. The molecule has 0 bridgehead atoms. The molecule has 2 heterocycles. The van der Waals surface area contributed by atoms with Crippen molar-refractivity contribution in [1.29, 1.82) is 0 Å². The first-order valence-electron chi connectivity index (χ1n) is 7.07. The van der Waals surface area contributed by atoms with Gasteiger partial charge in [0, 0.05) is 31.1 Å². The van der Waals surface area contributed by atoms with Crippen LogP contribution in [0.3, 0.4) is 0 Å². The lowest BCUT2D eigenvalue weighted by atomic mass is 10.1. The molecule has 2 rings (SSSR count). The zero-order valence-electron chi connectivity index (χ0n) is 12.4. The molecule has 1 aliphatic rings. The number of carbonyl (C=O) groups excluding carboxylic acids is 1. The van der Waals surface area contributed by atoms with Crippen molar-refractivity contribution in [2.24, 2.45) is 0 Å². The molecule has 110 valence electrons. The first-order chi connectivity index (χ1) is 9.44. The lowest BCUT2D eigenvalue weighted by Crippen LogP contribution is -2.32. The molecule has 2 N–H and O–H groups in total. The Morgan fingerprint density at radius 1 is 1.45 bits per heavy atom. The van der Waals surface area contributed by atoms with E-state index < -0.39 is 0 Å². The monoisotopic (exact) mass is 277 g/mol. The first-order valence-corrected chi connectivity index (χ1v) is 7.07. The number of hydrogen-bond acceptors (Lipinski definition) is 4. The average Bonchev–Trinajstić information content (AvgIpc) is 2.87. The number of rotatable bonds is 4. The van der Waals surface area contributed by atoms with Gasteiger partial charge >= 0.3 is 0 Å². The molecular weight excluding hydrogens is 254 g/mol. The van der Waals surface area contributed by atoms with Gasteiger partial charge in [-0.25, -0.2) is 0 Å². The molecule has 1 saturated heterocycles. The van der Waals surface area contributed by atoms with E-state index >= 15 is 0 Å². The summed E-state index contributed by atoms with van der Waals surface area (Å²) in [5, 5.41) is 6.21. The van der Waals surface area contributed by atoms with Crippen LogP contribution in [0.15, 0.2) is 18.5 Å². The van der Waals surface area contributed by atoms with E-state index in [9.17, 15) is 4.79 Å². The Bertz CT molecular complexity index is 462. The van der Waals surface area contributed by atoms with Crippen molar-refractivity contribution < 1.29 is 9.53 Å². The molecule has 1 fully saturated rings. The highest BCUT2D eigenvalue weighted by molar-refractivity contribution is 5.94. The molecule has 0 saturated carbocycles. The lowest BCUT2D eigenvalue weighted by molar-refractivity contribution is 0.0857. The highest BCUT2D eigenvalue weighted by Gasteiger charge is 2.17. The minimum atomic E-state index is -0.106. The van der Waals surface area contributed by atoms with E-state index in [0.29, 0.717) is 12.1 Å². The number of aromatic nitrogens is 1. The second kappa shape index (κ2) is 6.22. The average molecular weight is 277 g/mol. The quantitative estimate of drug-likeness (QED) is 0.885. The maximum atomic E-state index is 12.1. The number of anilines is 1. The van der Waals surface area contributed by atoms with Gasteiger partial charge in [-0.15, -0.1) is 0 Å². The van der Waals surface area contributed by atoms with Gasteiger partial charge in [0.25, 0.3) is 5.91 Å². The van der Waals surface area contributed by atoms with Crippen LogP contribution in [0, 0.1) is 0 Å². The number of hydrogen-bond donors (Lipinski definition) is 2. The predicted octanol–water partition coefficient (Wildman–Crippen LogP) is 2.20. The number of nitrogens with one attached hydrogen (secondary N) is 2. The lowest BCUT2D eigenvalue weighted by Gasteiger charge is -2.22. The van der Waals surface area contributed by atoms with Crippen LogP contribution in [0.4, 0.5) is 5.69 Å². The summed E-state index contributed by atoms with van der Waals surface area (Å²) in [6.45, 7) is 7.56. The van der Waals surface area contributed by atoms with E-state index in [2.05, 4.69) is 36.4 Å². The Balaban J connectivity index is 1.93. The maximum Gasteiger partial charge on any atom is 0.253 e. The van der Waals surface area contributed by atoms with E-state index in [-0.39, 0.29) is 17.6 Å². The number of pyridine rings is 1. The van der Waals surface area contributed by atoms with Crippen molar-refractivity contribution in [2.45, 2.75) is 45.3 Å². The Morgan fingerprint density at radius 2 is 2.25 bits per heavy atom. The van der Waals surface area contributed by atoms with Crippen molar-refractivity contribution in [3.05, 3.63) is 24.0 Å². The minimum Gasteiger partial charge on any atom is -0.379 e. The highest BCUT2D eigenvalue weighted by atomic mass is 16.5. The van der Waals surface area contributed by atoms with E-state index in [4.69, 9.17) is 4.74 Å². The van der Waals surface area contributed by atoms with Crippen molar-refractivity contribution in [2.75, 3.05) is 18.5 Å². The summed E-state index contributed by atoms with van der Waals surface area (Å²) in [4.78, 5) is 16.2. The summed E-state index contributed by atoms with van der Waals surface area (Å²) in [6, 6.07) is 1.82. The SMILES string of the molecule is CC(C)(C)Nc1cncc(C(=O)NCC2CCCO2)c1. The van der Waals surface area contributed by atoms with Gasteiger partial charge in [-0.3, -0.25) is 9.78 Å². The first kappa shape index (κ1) is 14.8. The summed E-state index contributed by atoms with van der Waals surface area (Å²) >= 11 is 0. The van der Waals surface area contributed by atoms with Gasteiger partial charge in [0.1, 0.15) is 0 Å². The van der Waals surface area contributed by atoms with Gasteiger partial charge in [0.05, 0.1) is 17.4 Å². The maximum absolute atomic E-state index is 12.1. The summed E-state index contributed by atoms with van der Waals surface area (Å²) in [5.74, 6) is -0.106. The van der Waals surface area contributed by atoms with E-state index in [1.54, 1.807) is 12.4 Å². The van der Waals surface area contributed by atoms with Gasteiger partial charge in [0.15, 0.2) is 0 Å². The number of carbonyl (C=O) groups is 1. The van der Waals surface area contributed by atoms with Crippen LogP contribution in [0.1, 0.15) is 44.0 Å². The van der Waals surface area contributed by atoms with Crippen LogP contribution in [-0.2, 0) is 4.74 Å². The second-order valence-electron chi connectivity index (χ2n) is 6.18. The molecular formula is C15H23N3O2. The molecule has 20 heavy (non-hydrogen) atoms. The van der Waals surface area contributed by atoms with Crippen LogP contribution < -0.4 is 10.6 Å². The minimum absolute atomic E-state index is 0.0610. The third-order valence-electron chi connectivity index (χ3n) is 3.03. The molecule has 5 nitrogen and oxygen atoms in total. The third kappa shape index (κ3) is 4.49. The Labute approximate surface area is 120 Å². The predicted molar refractivity (Wildman–Crippen MR) is 78.9 cm³/mol. The number of nitrogens with zero attached hydrogens (tertiary/aromatic N) is 1. The molecule has 0 aromatic carbocycles. The fourth-order valence-corrected chi connectivity index (χ4v) is 2.18. The van der Waals surface area contributed by atoms with Crippen LogP contribution in [0.5, 0.6) is 0 Å². The van der Waals surface area contributed by atoms with E-state index in [1.807, 2.05) is 6.07 Å². The molecule has 1 atom stereocenters. The fraction of sp³-hybridized carbons (Fsp3) is 0.600. The molecule has 1 aliphatic heterocycles. The molecule has 0 radical (unpaired) electrons. The zero-order chi connectivity index (χ0) is 14.6. The van der Waals surface area contributed by atoms with Crippen LogP contribution in [-0.4, -0.2) is 35.7 Å². The molecule has 1 aromatic rings. The van der Waals surface area contributed by atoms with Crippen LogP contribution in [0.2, 0.25) is 0 Å². The topological polar surface area (TPSA) is 63.2 Å². The number of ether oxygens (including phenoxy) is 1. The summed E-state index contributed by atoms with van der Waals surface area (Å²) in [5.41, 5.74) is 1.36. The Hall–Kier alpha value is -1.62. The van der Waals surface area contributed by atoms with Gasteiger partial charge < -0.3 is 15.4 Å². The van der Waals surface area contributed by atoms with Crippen molar-refractivity contribution >= 4 is 11.6 Å². The second-order valence-corrected chi connectivity index (χ2v) is 6.18. The standard InChI is InChI=1S/C15H23N3O2/c1-15(2,3)18-12-7-11(8-16-9-12)14(19)17-10-13-5-4-6-20-13/h7-9,13,18H,4-6,10H2,1-3H3,(H,17,19). The highest BCUT2D eigenvalue weighted by Crippen LogP contribution is 2.15. The smallest absolute Gasteiger partial charge is 0.253 e. The Morgan fingerprint density at radius 3 is 2.90 bits per heavy atom. The van der Waals surface area contributed by atoms with Crippen molar-refractivity contribution in [1.82, 2.24) is 10.3 Å². The van der Waals surface area contributed by atoms with Gasteiger partial charge in [-0.1, -0.05) is 0 Å².